The molecule has 1 aromatic carbocycles. The molecule has 0 aliphatic carbocycles. The Kier molecular flexibility index (Phi) is 5.14. The lowest BCUT2D eigenvalue weighted by molar-refractivity contribution is 0.0474. The van der Waals surface area contributed by atoms with Gasteiger partial charge in [-0.05, 0) is 45.0 Å². The lowest BCUT2D eigenvalue weighted by atomic mass is 10.1. The smallest absolute Gasteiger partial charge is 0.340 e. The summed E-state index contributed by atoms with van der Waals surface area (Å²) in [7, 11) is 0. The quantitative estimate of drug-likeness (QED) is 0.481. The molecule has 3 rings (SSSR count). The summed E-state index contributed by atoms with van der Waals surface area (Å²) >= 11 is 5.83. The van der Waals surface area contributed by atoms with Gasteiger partial charge in [-0.25, -0.2) is 9.18 Å². The van der Waals surface area contributed by atoms with Gasteiger partial charge >= 0.3 is 5.97 Å². The van der Waals surface area contributed by atoms with Crippen LogP contribution in [0.15, 0.2) is 34.9 Å². The molecule has 8 heteroatoms. The zero-order valence-electron chi connectivity index (χ0n) is 14.9. The first kappa shape index (κ1) is 18.8. The van der Waals surface area contributed by atoms with Gasteiger partial charge in [-0.2, -0.15) is 0 Å². The number of esters is 1. The Labute approximate surface area is 159 Å². The Morgan fingerprint density at radius 2 is 1.93 bits per heavy atom. The number of halogens is 2. The van der Waals surface area contributed by atoms with Gasteiger partial charge in [0.05, 0.1) is 10.6 Å². The standard InChI is InChI=1S/C19H16ClFN2O4/c1-10-6-15(12(3)23(10)18-7-11(2)27-22-18)17(24)9-26-19(25)14-5-4-13(21)8-16(14)20/h4-8H,9H2,1-3H3. The summed E-state index contributed by atoms with van der Waals surface area (Å²) < 4.78 is 25.0. The molecule has 2 aromatic heterocycles. The van der Waals surface area contributed by atoms with E-state index in [1.165, 1.54) is 6.07 Å². The van der Waals surface area contributed by atoms with Gasteiger partial charge < -0.3 is 9.26 Å². The molecular formula is C19H16ClFN2O4. The maximum Gasteiger partial charge on any atom is 0.340 e. The fourth-order valence-electron chi connectivity index (χ4n) is 2.80. The summed E-state index contributed by atoms with van der Waals surface area (Å²) in [6, 6.07) is 6.76. The molecule has 0 fully saturated rings. The van der Waals surface area contributed by atoms with Crippen molar-refractivity contribution in [3.63, 3.8) is 0 Å². The summed E-state index contributed by atoms with van der Waals surface area (Å²) in [5.74, 6) is -0.522. The first-order chi connectivity index (χ1) is 12.8. The summed E-state index contributed by atoms with van der Waals surface area (Å²) in [5, 5.41) is 3.88. The third kappa shape index (κ3) is 3.78. The van der Waals surface area contributed by atoms with Crippen LogP contribution < -0.4 is 0 Å². The van der Waals surface area contributed by atoms with E-state index in [1.54, 1.807) is 30.5 Å². The first-order valence-electron chi connectivity index (χ1n) is 8.06. The van der Waals surface area contributed by atoms with Crippen LogP contribution in [0.3, 0.4) is 0 Å². The van der Waals surface area contributed by atoms with E-state index in [2.05, 4.69) is 5.16 Å². The molecule has 0 radical (unpaired) electrons. The molecule has 0 aliphatic heterocycles. The summed E-state index contributed by atoms with van der Waals surface area (Å²) in [5.41, 5.74) is 1.85. The molecule has 0 saturated carbocycles. The van der Waals surface area contributed by atoms with Crippen LogP contribution in [0.1, 0.15) is 37.9 Å². The highest BCUT2D eigenvalue weighted by molar-refractivity contribution is 6.33. The lowest BCUT2D eigenvalue weighted by Crippen LogP contribution is -2.15. The Hall–Kier alpha value is -2.93. The van der Waals surface area contributed by atoms with Gasteiger partial charge in [-0.1, -0.05) is 16.8 Å². The monoisotopic (exact) mass is 390 g/mol. The Morgan fingerprint density at radius 3 is 2.56 bits per heavy atom. The Morgan fingerprint density at radius 1 is 1.19 bits per heavy atom. The van der Waals surface area contributed by atoms with Crippen molar-refractivity contribution < 1.29 is 23.2 Å². The number of ether oxygens (including phenoxy) is 1. The van der Waals surface area contributed by atoms with E-state index in [-0.39, 0.29) is 16.4 Å². The number of benzene rings is 1. The number of carbonyl (C=O) groups is 2. The number of rotatable bonds is 5. The Balaban J connectivity index is 1.76. The minimum absolute atomic E-state index is 0.00517. The molecule has 27 heavy (non-hydrogen) atoms. The van der Waals surface area contributed by atoms with Crippen LogP contribution in [0.25, 0.3) is 5.82 Å². The van der Waals surface area contributed by atoms with Gasteiger partial charge in [0.15, 0.2) is 12.4 Å². The SMILES string of the molecule is Cc1cc(-n2c(C)cc(C(=O)COC(=O)c3ccc(F)cc3Cl)c2C)no1. The number of nitrogens with zero attached hydrogens (tertiary/aromatic N) is 2. The van der Waals surface area contributed by atoms with Crippen LogP contribution >= 0.6 is 11.6 Å². The zero-order valence-corrected chi connectivity index (χ0v) is 15.6. The summed E-state index contributed by atoms with van der Waals surface area (Å²) in [4.78, 5) is 24.6. The molecule has 0 aliphatic rings. The van der Waals surface area contributed by atoms with Gasteiger partial charge in [-0.3, -0.25) is 9.36 Å². The number of hydrogen-bond acceptors (Lipinski definition) is 5. The fourth-order valence-corrected chi connectivity index (χ4v) is 3.04. The van der Waals surface area contributed by atoms with Gasteiger partial charge in [-0.15, -0.1) is 0 Å². The maximum absolute atomic E-state index is 13.1. The van der Waals surface area contributed by atoms with Crippen LogP contribution in [0.4, 0.5) is 4.39 Å². The number of ketones is 1. The van der Waals surface area contributed by atoms with E-state index in [9.17, 15) is 14.0 Å². The van der Waals surface area contributed by atoms with E-state index >= 15 is 0 Å². The number of Topliss-reactive ketones (excluding diaryl/α,β-unsaturated/α-hetero) is 1. The minimum Gasteiger partial charge on any atom is -0.454 e. The summed E-state index contributed by atoms with van der Waals surface area (Å²) in [6.07, 6.45) is 0. The lowest BCUT2D eigenvalue weighted by Gasteiger charge is -2.07. The minimum atomic E-state index is -0.797. The van der Waals surface area contributed by atoms with Gasteiger partial charge in [0, 0.05) is 23.0 Å². The second-order valence-electron chi connectivity index (χ2n) is 6.04. The average molecular weight is 391 g/mol. The average Bonchev–Trinajstić information content (AvgIpc) is 3.15. The molecular weight excluding hydrogens is 375 g/mol. The Bertz CT molecular complexity index is 1040. The molecule has 0 atom stereocenters. The first-order valence-corrected chi connectivity index (χ1v) is 8.43. The van der Waals surface area contributed by atoms with E-state index < -0.39 is 18.4 Å². The largest absolute Gasteiger partial charge is 0.454 e. The van der Waals surface area contributed by atoms with Gasteiger partial charge in [0.1, 0.15) is 11.6 Å². The van der Waals surface area contributed by atoms with Crippen molar-refractivity contribution in [2.75, 3.05) is 6.61 Å². The highest BCUT2D eigenvalue weighted by Crippen LogP contribution is 2.22. The van der Waals surface area contributed by atoms with E-state index in [1.807, 2.05) is 6.92 Å². The van der Waals surface area contributed by atoms with Gasteiger partial charge in [0.25, 0.3) is 0 Å². The molecule has 0 saturated heterocycles. The maximum atomic E-state index is 13.1. The van der Waals surface area contributed by atoms with E-state index in [4.69, 9.17) is 20.9 Å². The van der Waals surface area contributed by atoms with Crippen molar-refractivity contribution in [2.45, 2.75) is 20.8 Å². The van der Waals surface area contributed by atoms with Crippen molar-refractivity contribution in [1.29, 1.82) is 0 Å². The molecule has 6 nitrogen and oxygen atoms in total. The van der Waals surface area contributed by atoms with Crippen molar-refractivity contribution >= 4 is 23.4 Å². The van der Waals surface area contributed by atoms with E-state index in [0.717, 1.165) is 17.8 Å². The normalized spacial score (nSPS) is 10.9. The molecule has 0 bridgehead atoms. The molecule has 140 valence electrons. The summed E-state index contributed by atoms with van der Waals surface area (Å²) in [6.45, 7) is 4.91. The highest BCUT2D eigenvalue weighted by Gasteiger charge is 2.20. The molecule has 0 amide bonds. The van der Waals surface area contributed by atoms with Crippen LogP contribution in [0.2, 0.25) is 5.02 Å². The van der Waals surface area contributed by atoms with Crippen molar-refractivity contribution in [3.05, 3.63) is 69.4 Å². The molecule has 3 aromatic rings. The topological polar surface area (TPSA) is 74.3 Å². The second kappa shape index (κ2) is 7.36. The van der Waals surface area contributed by atoms with Crippen LogP contribution in [0, 0.1) is 26.6 Å². The van der Waals surface area contributed by atoms with Crippen molar-refractivity contribution in [2.24, 2.45) is 0 Å². The van der Waals surface area contributed by atoms with Crippen molar-refractivity contribution in [1.82, 2.24) is 9.72 Å². The number of carbonyl (C=O) groups excluding carboxylic acids is 2. The predicted octanol–water partition coefficient (Wildman–Crippen LogP) is 4.22. The second-order valence-corrected chi connectivity index (χ2v) is 6.45. The number of hydrogen-bond donors (Lipinski definition) is 0. The number of aromatic nitrogens is 2. The third-order valence-corrected chi connectivity index (χ3v) is 4.37. The van der Waals surface area contributed by atoms with Crippen molar-refractivity contribution in [3.8, 4) is 5.82 Å². The zero-order chi connectivity index (χ0) is 19.7. The molecule has 0 unspecified atom stereocenters. The van der Waals surface area contributed by atoms with Crippen LogP contribution in [0.5, 0.6) is 0 Å². The molecule has 0 N–H and O–H groups in total. The molecule has 2 heterocycles. The van der Waals surface area contributed by atoms with Gasteiger partial charge in [0.2, 0.25) is 5.78 Å². The predicted molar refractivity (Wildman–Crippen MR) is 96.1 cm³/mol. The fraction of sp³-hybridized carbons (Fsp3) is 0.211. The van der Waals surface area contributed by atoms with E-state index in [0.29, 0.717) is 22.8 Å². The van der Waals surface area contributed by atoms with Crippen LogP contribution in [-0.4, -0.2) is 28.1 Å². The highest BCUT2D eigenvalue weighted by atomic mass is 35.5. The van der Waals surface area contributed by atoms with Crippen LogP contribution in [-0.2, 0) is 4.74 Å². The molecule has 0 spiro atoms. The number of aryl methyl sites for hydroxylation is 2. The third-order valence-electron chi connectivity index (χ3n) is 4.06.